The Morgan fingerprint density at radius 1 is 0.390 bits per heavy atom. The molecule has 2 heteroatoms. The third-order valence-corrected chi connectivity index (χ3v) is 12.0. The third kappa shape index (κ3) is 5.64. The van der Waals surface area contributed by atoms with Gasteiger partial charge in [0.15, 0.2) is 0 Å². The number of para-hydroxylation sites is 4. The highest BCUT2D eigenvalue weighted by Gasteiger charge is 2.48. The van der Waals surface area contributed by atoms with Crippen LogP contribution in [0.25, 0.3) is 50.8 Å². The second-order valence-corrected chi connectivity index (χ2v) is 15.3. The van der Waals surface area contributed by atoms with Gasteiger partial charge in [-0.1, -0.05) is 182 Å². The molecule has 10 aromatic rings. The summed E-state index contributed by atoms with van der Waals surface area (Å²) in [5.41, 5.74) is 16.3. The molecule has 0 aliphatic heterocycles. The fourth-order valence-corrected chi connectivity index (χ4v) is 9.52. The number of fused-ring (bicyclic) bond motifs is 7. The van der Waals surface area contributed by atoms with Crippen molar-refractivity contribution in [3.05, 3.63) is 264 Å². The minimum Gasteiger partial charge on any atom is -0.311 e. The van der Waals surface area contributed by atoms with Crippen molar-refractivity contribution < 1.29 is 0 Å². The molecule has 0 saturated carbocycles. The van der Waals surface area contributed by atoms with E-state index in [1.807, 2.05) is 0 Å². The first-order chi connectivity index (χ1) is 29.3. The average molecular weight is 753 g/mol. The van der Waals surface area contributed by atoms with Gasteiger partial charge in [0, 0.05) is 39.1 Å². The molecule has 1 heterocycles. The van der Waals surface area contributed by atoms with Crippen LogP contribution in [-0.4, -0.2) is 4.57 Å². The van der Waals surface area contributed by atoms with Crippen molar-refractivity contribution in [2.75, 3.05) is 4.90 Å². The SMILES string of the molecule is C(=C\c1ccc2c(c1)C(c1ccccc1)(c1ccccc1)c1c-2ccc2c3ccccc3n(-c3ccccc3)c12)/c1ccc(N(c2ccccc2)c2ccccc2)cc1. The van der Waals surface area contributed by atoms with Crippen molar-refractivity contribution in [1.29, 1.82) is 0 Å². The summed E-state index contributed by atoms with van der Waals surface area (Å²) in [4.78, 5) is 2.30. The van der Waals surface area contributed by atoms with Gasteiger partial charge in [0.2, 0.25) is 0 Å². The first kappa shape index (κ1) is 34.6. The van der Waals surface area contributed by atoms with Crippen LogP contribution < -0.4 is 4.90 Å². The lowest BCUT2D eigenvalue weighted by Crippen LogP contribution is -2.29. The van der Waals surface area contributed by atoms with Crippen LogP contribution in [0.2, 0.25) is 0 Å². The number of benzene rings is 9. The van der Waals surface area contributed by atoms with Gasteiger partial charge in [-0.15, -0.1) is 0 Å². The highest BCUT2D eigenvalue weighted by atomic mass is 15.1. The Morgan fingerprint density at radius 3 is 1.51 bits per heavy atom. The maximum absolute atomic E-state index is 2.50. The average Bonchev–Trinajstić information content (AvgIpc) is 3.81. The zero-order chi connectivity index (χ0) is 39.2. The summed E-state index contributed by atoms with van der Waals surface area (Å²) in [7, 11) is 0. The summed E-state index contributed by atoms with van der Waals surface area (Å²) >= 11 is 0. The molecule has 1 aromatic heterocycles. The molecule has 59 heavy (non-hydrogen) atoms. The number of rotatable bonds is 8. The van der Waals surface area contributed by atoms with Gasteiger partial charge < -0.3 is 9.47 Å². The summed E-state index contributed by atoms with van der Waals surface area (Å²) in [5.74, 6) is 0. The van der Waals surface area contributed by atoms with E-state index in [-0.39, 0.29) is 0 Å². The Bertz CT molecular complexity index is 3030. The summed E-state index contributed by atoms with van der Waals surface area (Å²) in [6, 6.07) is 83.8. The lowest BCUT2D eigenvalue weighted by atomic mass is 9.67. The molecule has 0 spiro atoms. The van der Waals surface area contributed by atoms with Crippen LogP contribution >= 0.6 is 0 Å². The lowest BCUT2D eigenvalue weighted by Gasteiger charge is -2.34. The van der Waals surface area contributed by atoms with Crippen molar-refractivity contribution in [3.8, 4) is 16.8 Å². The topological polar surface area (TPSA) is 8.17 Å². The van der Waals surface area contributed by atoms with E-state index in [9.17, 15) is 0 Å². The van der Waals surface area contributed by atoms with Crippen molar-refractivity contribution in [2.24, 2.45) is 0 Å². The van der Waals surface area contributed by atoms with Crippen molar-refractivity contribution in [1.82, 2.24) is 4.57 Å². The molecule has 0 fully saturated rings. The van der Waals surface area contributed by atoms with Crippen molar-refractivity contribution in [3.63, 3.8) is 0 Å². The van der Waals surface area contributed by atoms with E-state index in [1.165, 1.54) is 55.2 Å². The minimum atomic E-state index is -0.586. The second kappa shape index (κ2) is 14.4. The Morgan fingerprint density at radius 2 is 0.881 bits per heavy atom. The molecular weight excluding hydrogens is 713 g/mol. The van der Waals surface area contributed by atoms with Crippen LogP contribution in [0.5, 0.6) is 0 Å². The predicted octanol–water partition coefficient (Wildman–Crippen LogP) is 14.8. The highest BCUT2D eigenvalue weighted by molar-refractivity contribution is 6.14. The number of anilines is 3. The number of hydrogen-bond donors (Lipinski definition) is 0. The first-order valence-corrected chi connectivity index (χ1v) is 20.4. The molecule has 1 aliphatic rings. The Hall–Kier alpha value is -7.68. The third-order valence-electron chi connectivity index (χ3n) is 12.0. The predicted molar refractivity (Wildman–Crippen MR) is 248 cm³/mol. The molecule has 9 aromatic carbocycles. The van der Waals surface area contributed by atoms with Crippen molar-refractivity contribution in [2.45, 2.75) is 5.41 Å². The highest BCUT2D eigenvalue weighted by Crippen LogP contribution is 2.59. The molecule has 0 radical (unpaired) electrons. The smallest absolute Gasteiger partial charge is 0.0734 e. The van der Waals surface area contributed by atoms with Gasteiger partial charge in [0.1, 0.15) is 0 Å². The Labute approximate surface area is 345 Å². The summed E-state index contributed by atoms with van der Waals surface area (Å²) in [5, 5.41) is 2.51. The second-order valence-electron chi connectivity index (χ2n) is 15.3. The monoisotopic (exact) mass is 752 g/mol. The van der Waals surface area contributed by atoms with Gasteiger partial charge in [-0.2, -0.15) is 0 Å². The van der Waals surface area contributed by atoms with E-state index in [0.29, 0.717) is 0 Å². The number of hydrogen-bond acceptors (Lipinski definition) is 1. The molecule has 278 valence electrons. The van der Waals surface area contributed by atoms with E-state index < -0.39 is 5.41 Å². The van der Waals surface area contributed by atoms with Crippen LogP contribution in [0.4, 0.5) is 17.1 Å². The summed E-state index contributed by atoms with van der Waals surface area (Å²) in [6.45, 7) is 0. The number of nitrogens with zero attached hydrogens (tertiary/aromatic N) is 2. The zero-order valence-corrected chi connectivity index (χ0v) is 32.5. The first-order valence-electron chi connectivity index (χ1n) is 20.4. The fraction of sp³-hybridized carbons (Fsp3) is 0.0175. The number of aromatic nitrogens is 1. The normalized spacial score (nSPS) is 12.8. The van der Waals surface area contributed by atoms with E-state index in [0.717, 1.165) is 33.9 Å². The zero-order valence-electron chi connectivity index (χ0n) is 32.5. The lowest BCUT2D eigenvalue weighted by molar-refractivity contribution is 0.771. The molecule has 0 unspecified atom stereocenters. The Balaban J connectivity index is 1.09. The van der Waals surface area contributed by atoms with Gasteiger partial charge in [-0.3, -0.25) is 0 Å². The molecule has 0 amide bonds. The molecule has 0 bridgehead atoms. The summed E-state index contributed by atoms with van der Waals surface area (Å²) < 4.78 is 2.50. The van der Waals surface area contributed by atoms with Crippen LogP contribution in [0.1, 0.15) is 33.4 Å². The molecule has 11 rings (SSSR count). The fourth-order valence-electron chi connectivity index (χ4n) is 9.52. The van der Waals surface area contributed by atoms with Crippen molar-refractivity contribution >= 4 is 51.0 Å². The van der Waals surface area contributed by atoms with Gasteiger partial charge in [0.25, 0.3) is 0 Å². The summed E-state index contributed by atoms with van der Waals surface area (Å²) in [6.07, 6.45) is 4.50. The van der Waals surface area contributed by atoms with Crippen LogP contribution in [0.15, 0.2) is 231 Å². The van der Waals surface area contributed by atoms with Gasteiger partial charge >= 0.3 is 0 Å². The van der Waals surface area contributed by atoms with E-state index in [4.69, 9.17) is 0 Å². The van der Waals surface area contributed by atoms with E-state index in [2.05, 4.69) is 252 Å². The Kier molecular flexibility index (Phi) is 8.41. The largest absolute Gasteiger partial charge is 0.311 e. The van der Waals surface area contributed by atoms with Gasteiger partial charge in [-0.05, 0) is 99.6 Å². The van der Waals surface area contributed by atoms with E-state index >= 15 is 0 Å². The standard InChI is InChI=1S/C57H40N2/c1-6-18-43(19-7-1)57(44-20-8-2-9-21-44)53-40-42(31-30-41-32-35-48(36-33-41)58(45-22-10-3-11-23-45)46-24-12-4-13-25-46)34-37-49(53)51-38-39-52-50-28-16-17-29-54(50)59(56(52)55(51)57)47-26-14-5-15-27-47/h1-40H/b31-30+. The van der Waals surface area contributed by atoms with Gasteiger partial charge in [-0.25, -0.2) is 0 Å². The minimum absolute atomic E-state index is 0.586. The molecule has 2 nitrogen and oxygen atoms in total. The van der Waals surface area contributed by atoms with Gasteiger partial charge in [0.05, 0.1) is 16.4 Å². The molecule has 0 atom stereocenters. The van der Waals surface area contributed by atoms with Crippen LogP contribution in [0, 0.1) is 0 Å². The molecular formula is C57H40N2. The maximum Gasteiger partial charge on any atom is 0.0734 e. The molecule has 0 saturated heterocycles. The maximum atomic E-state index is 2.50. The van der Waals surface area contributed by atoms with E-state index in [1.54, 1.807) is 0 Å². The van der Waals surface area contributed by atoms with Crippen LogP contribution in [-0.2, 0) is 5.41 Å². The molecule has 1 aliphatic carbocycles. The van der Waals surface area contributed by atoms with Crippen LogP contribution in [0.3, 0.4) is 0 Å². The quantitative estimate of drug-likeness (QED) is 0.140. The molecule has 0 N–H and O–H groups in total.